The summed E-state index contributed by atoms with van der Waals surface area (Å²) in [4.78, 5) is 3.66. The lowest BCUT2D eigenvalue weighted by Crippen LogP contribution is -2.30. The van der Waals surface area contributed by atoms with Crippen LogP contribution < -0.4 is 14.8 Å². The zero-order valence-corrected chi connectivity index (χ0v) is 17.2. The van der Waals surface area contributed by atoms with E-state index >= 15 is 0 Å². The molecule has 1 aromatic heterocycles. The lowest BCUT2D eigenvalue weighted by atomic mass is 9.94. The highest BCUT2D eigenvalue weighted by atomic mass is 16.5. The molecule has 0 saturated heterocycles. The van der Waals surface area contributed by atoms with Crippen molar-refractivity contribution in [1.29, 1.82) is 0 Å². The molecule has 0 fully saturated rings. The minimum Gasteiger partial charge on any atom is -0.494 e. The Kier molecular flexibility index (Phi) is 5.16. The normalized spacial score (nSPS) is 15.7. The van der Waals surface area contributed by atoms with E-state index in [2.05, 4.69) is 46.7 Å². The first-order valence-corrected chi connectivity index (χ1v) is 10.6. The van der Waals surface area contributed by atoms with E-state index in [1.807, 2.05) is 43.3 Å². The summed E-state index contributed by atoms with van der Waals surface area (Å²) in [5.41, 5.74) is 6.08. The van der Waals surface area contributed by atoms with Gasteiger partial charge < -0.3 is 19.8 Å². The van der Waals surface area contributed by atoms with Crippen LogP contribution in [-0.4, -0.2) is 18.1 Å². The molecule has 30 heavy (non-hydrogen) atoms. The topological polar surface area (TPSA) is 46.3 Å². The average Bonchev–Trinajstić information content (AvgIpc) is 3.17. The number of aromatic nitrogens is 1. The molecule has 5 rings (SSSR count). The number of para-hydroxylation sites is 1. The van der Waals surface area contributed by atoms with Crippen molar-refractivity contribution in [3.8, 4) is 11.5 Å². The van der Waals surface area contributed by atoms with Gasteiger partial charge in [0.2, 0.25) is 0 Å². The van der Waals surface area contributed by atoms with Gasteiger partial charge in [-0.3, -0.25) is 0 Å². The Hall–Kier alpha value is -3.24. The van der Waals surface area contributed by atoms with E-state index in [0.717, 1.165) is 30.0 Å². The first-order chi connectivity index (χ1) is 14.8. The van der Waals surface area contributed by atoms with Crippen LogP contribution in [0.3, 0.4) is 0 Å². The van der Waals surface area contributed by atoms with E-state index in [9.17, 15) is 0 Å². The van der Waals surface area contributed by atoms with Crippen LogP contribution >= 0.6 is 0 Å². The van der Waals surface area contributed by atoms with Gasteiger partial charge in [-0.2, -0.15) is 0 Å². The quantitative estimate of drug-likeness (QED) is 0.458. The van der Waals surface area contributed by atoms with E-state index in [1.54, 1.807) is 0 Å². The summed E-state index contributed by atoms with van der Waals surface area (Å²) in [6, 6.07) is 25.0. The highest BCUT2D eigenvalue weighted by Gasteiger charge is 2.27. The lowest BCUT2D eigenvalue weighted by molar-refractivity contribution is 0.306. The molecule has 0 amide bonds. The fraction of sp³-hybridized carbons (Fsp3) is 0.231. The Labute approximate surface area is 176 Å². The number of benzene rings is 3. The van der Waals surface area contributed by atoms with Crippen LogP contribution in [0.25, 0.3) is 10.9 Å². The van der Waals surface area contributed by atoms with Gasteiger partial charge in [0.25, 0.3) is 0 Å². The molecular weight excluding hydrogens is 372 g/mol. The highest BCUT2D eigenvalue weighted by Crippen LogP contribution is 2.37. The Morgan fingerprint density at radius 2 is 1.77 bits per heavy atom. The highest BCUT2D eigenvalue weighted by molar-refractivity contribution is 5.86. The molecule has 3 aromatic carbocycles. The Bertz CT molecular complexity index is 1150. The molecular formula is C26H26N2O2. The number of aromatic amines is 1. The number of hydrogen-bond donors (Lipinski definition) is 2. The van der Waals surface area contributed by atoms with Gasteiger partial charge in [0.15, 0.2) is 0 Å². The van der Waals surface area contributed by atoms with Crippen molar-refractivity contribution < 1.29 is 9.47 Å². The monoisotopic (exact) mass is 398 g/mol. The second-order valence-corrected chi connectivity index (χ2v) is 7.61. The van der Waals surface area contributed by atoms with E-state index < -0.39 is 0 Å². The molecule has 1 atom stereocenters. The summed E-state index contributed by atoms with van der Waals surface area (Å²) in [6.07, 6.45) is 0.991. The predicted molar refractivity (Wildman–Crippen MR) is 120 cm³/mol. The maximum absolute atomic E-state index is 6.07. The summed E-state index contributed by atoms with van der Waals surface area (Å²) in [5.74, 6) is 1.84. The molecule has 4 nitrogen and oxygen atoms in total. The van der Waals surface area contributed by atoms with Gasteiger partial charge in [-0.25, -0.2) is 0 Å². The molecule has 1 aliphatic heterocycles. The number of rotatable bonds is 6. The van der Waals surface area contributed by atoms with Crippen LogP contribution in [-0.2, 0) is 13.0 Å². The zero-order chi connectivity index (χ0) is 20.3. The third-order valence-electron chi connectivity index (χ3n) is 5.70. The summed E-state index contributed by atoms with van der Waals surface area (Å²) in [6.45, 7) is 4.19. The molecule has 1 aliphatic rings. The van der Waals surface area contributed by atoms with Crippen molar-refractivity contribution >= 4 is 10.9 Å². The third-order valence-corrected chi connectivity index (χ3v) is 5.70. The maximum atomic E-state index is 6.07. The van der Waals surface area contributed by atoms with Crippen LogP contribution in [0, 0.1) is 0 Å². The molecule has 2 N–H and O–H groups in total. The first kappa shape index (κ1) is 18.8. The standard InChI is InChI=1S/C26H26N2O2/c1-2-29-24-11-7-6-10-21(24)25-26-20(14-15-27-25)22-16-19(12-13-23(22)28-26)30-17-18-8-4-3-5-9-18/h3-13,16,25,27-28H,2,14-15,17H2,1H3. The molecule has 0 aliphatic carbocycles. The van der Waals surface area contributed by atoms with Crippen molar-refractivity contribution in [3.05, 3.63) is 95.2 Å². The SMILES string of the molecule is CCOc1ccccc1C1NCCc2c1[nH]c1ccc(OCc3ccccc3)cc21. The summed E-state index contributed by atoms with van der Waals surface area (Å²) in [5, 5.41) is 4.92. The number of H-pyrrole nitrogens is 1. The lowest BCUT2D eigenvalue weighted by Gasteiger charge is -2.26. The molecule has 0 saturated carbocycles. The van der Waals surface area contributed by atoms with Crippen molar-refractivity contribution in [2.24, 2.45) is 0 Å². The number of fused-ring (bicyclic) bond motifs is 3. The van der Waals surface area contributed by atoms with E-state index in [0.29, 0.717) is 13.2 Å². The molecule has 0 bridgehead atoms. The number of hydrogen-bond acceptors (Lipinski definition) is 3. The fourth-order valence-corrected chi connectivity index (χ4v) is 4.31. The van der Waals surface area contributed by atoms with Gasteiger partial charge in [-0.15, -0.1) is 0 Å². The van der Waals surface area contributed by atoms with Gasteiger partial charge in [0, 0.05) is 28.7 Å². The minimum absolute atomic E-state index is 0.0950. The number of nitrogens with one attached hydrogen (secondary N) is 2. The molecule has 152 valence electrons. The third kappa shape index (κ3) is 3.55. The minimum atomic E-state index is 0.0950. The molecule has 0 spiro atoms. The van der Waals surface area contributed by atoms with E-state index in [4.69, 9.17) is 9.47 Å². The van der Waals surface area contributed by atoms with Gasteiger partial charge in [0.1, 0.15) is 18.1 Å². The maximum Gasteiger partial charge on any atom is 0.124 e. The summed E-state index contributed by atoms with van der Waals surface area (Å²) >= 11 is 0. The van der Waals surface area contributed by atoms with Crippen molar-refractivity contribution in [2.45, 2.75) is 26.0 Å². The van der Waals surface area contributed by atoms with Gasteiger partial charge in [0.05, 0.1) is 12.6 Å². The summed E-state index contributed by atoms with van der Waals surface area (Å²) in [7, 11) is 0. The molecule has 1 unspecified atom stereocenters. The van der Waals surface area contributed by atoms with Crippen molar-refractivity contribution in [1.82, 2.24) is 10.3 Å². The second-order valence-electron chi connectivity index (χ2n) is 7.61. The average molecular weight is 399 g/mol. The van der Waals surface area contributed by atoms with E-state index in [1.165, 1.54) is 27.8 Å². The van der Waals surface area contributed by atoms with Gasteiger partial charge in [-0.05, 0) is 48.7 Å². The Morgan fingerprint density at radius 1 is 0.933 bits per heavy atom. The smallest absolute Gasteiger partial charge is 0.124 e. The van der Waals surface area contributed by atoms with Crippen LogP contribution in [0.1, 0.15) is 35.3 Å². The first-order valence-electron chi connectivity index (χ1n) is 10.6. The molecule has 4 aromatic rings. The molecule has 4 heteroatoms. The Morgan fingerprint density at radius 3 is 2.63 bits per heavy atom. The Balaban J connectivity index is 1.48. The van der Waals surface area contributed by atoms with Crippen LogP contribution in [0.5, 0.6) is 11.5 Å². The fourth-order valence-electron chi connectivity index (χ4n) is 4.31. The summed E-state index contributed by atoms with van der Waals surface area (Å²) < 4.78 is 12.0. The van der Waals surface area contributed by atoms with Gasteiger partial charge >= 0.3 is 0 Å². The largest absolute Gasteiger partial charge is 0.494 e. The van der Waals surface area contributed by atoms with Crippen molar-refractivity contribution in [3.63, 3.8) is 0 Å². The van der Waals surface area contributed by atoms with Crippen LogP contribution in [0.2, 0.25) is 0 Å². The zero-order valence-electron chi connectivity index (χ0n) is 17.2. The molecule has 2 heterocycles. The van der Waals surface area contributed by atoms with Crippen LogP contribution in [0.4, 0.5) is 0 Å². The number of ether oxygens (including phenoxy) is 2. The van der Waals surface area contributed by atoms with Gasteiger partial charge in [-0.1, -0.05) is 48.5 Å². The molecule has 0 radical (unpaired) electrons. The van der Waals surface area contributed by atoms with Crippen LogP contribution in [0.15, 0.2) is 72.8 Å². The second kappa shape index (κ2) is 8.25. The van der Waals surface area contributed by atoms with E-state index in [-0.39, 0.29) is 6.04 Å². The van der Waals surface area contributed by atoms with Crippen molar-refractivity contribution in [2.75, 3.05) is 13.2 Å². The predicted octanol–water partition coefficient (Wildman–Crippen LogP) is 5.38.